The second-order valence-electron chi connectivity index (χ2n) is 16.1. The fraction of sp³-hybridized carbons (Fsp3) is 0.0189. The molecule has 6 heterocycles. The Bertz CT molecular complexity index is 3700. The van der Waals surface area contributed by atoms with Crippen LogP contribution in [0.2, 0.25) is 0 Å². The molecule has 0 N–H and O–H groups in total. The number of nitrogens with zero attached hydrogens (tertiary/aromatic N) is 4. The molecule has 2 aliphatic heterocycles. The highest BCUT2D eigenvalue weighted by Crippen LogP contribution is 2.50. The Balaban J connectivity index is 1.17. The Hall–Kier alpha value is -7.28. The second-order valence-corrected chi connectivity index (χ2v) is 17.2. The summed E-state index contributed by atoms with van der Waals surface area (Å²) in [7, 11) is 0. The van der Waals surface area contributed by atoms with E-state index in [0.29, 0.717) is 0 Å². The number of aromatic nitrogens is 3. The van der Waals surface area contributed by atoms with E-state index in [4.69, 9.17) is 0 Å². The highest BCUT2D eigenvalue weighted by molar-refractivity contribution is 7.27. The Morgan fingerprint density at radius 3 is 1.81 bits per heavy atom. The van der Waals surface area contributed by atoms with E-state index in [9.17, 15) is 0 Å². The van der Waals surface area contributed by atoms with Gasteiger partial charge >= 0.3 is 0 Å². The number of thiophene rings is 1. The van der Waals surface area contributed by atoms with Crippen molar-refractivity contribution >= 4 is 116 Å². The van der Waals surface area contributed by atoms with Gasteiger partial charge in [0.05, 0.1) is 43.5 Å². The average Bonchev–Trinajstić information content (AvgIpc) is 4.02. The maximum Gasteiger partial charge on any atom is 0.252 e. The third kappa shape index (κ3) is 3.99. The monoisotopic (exact) mass is 768 g/mol. The number of benzene rings is 8. The number of hydrogen-bond donors (Lipinski definition) is 0. The Labute approximate surface area is 344 Å². The Morgan fingerprint density at radius 2 is 1.07 bits per heavy atom. The number of para-hydroxylation sites is 5. The van der Waals surface area contributed by atoms with E-state index in [-0.39, 0.29) is 6.71 Å². The third-order valence-electron chi connectivity index (χ3n) is 13.0. The molecule has 4 aromatic heterocycles. The summed E-state index contributed by atoms with van der Waals surface area (Å²) >= 11 is 1.93. The lowest BCUT2D eigenvalue weighted by Gasteiger charge is -2.35. The van der Waals surface area contributed by atoms with Gasteiger partial charge in [0.15, 0.2) is 0 Å². The van der Waals surface area contributed by atoms with Gasteiger partial charge in [0, 0.05) is 54.7 Å². The van der Waals surface area contributed by atoms with Crippen molar-refractivity contribution in [2.24, 2.45) is 0 Å². The third-order valence-corrected chi connectivity index (χ3v) is 14.2. The average molecular weight is 769 g/mol. The van der Waals surface area contributed by atoms with Gasteiger partial charge in [-0.05, 0) is 95.6 Å². The molecule has 0 aliphatic carbocycles. The normalized spacial score (nSPS) is 12.8. The van der Waals surface area contributed by atoms with E-state index in [1.807, 2.05) is 11.3 Å². The molecule has 0 atom stereocenters. The van der Waals surface area contributed by atoms with Crippen LogP contribution in [0, 0.1) is 6.92 Å². The van der Waals surface area contributed by atoms with Gasteiger partial charge in [-0.25, -0.2) is 0 Å². The van der Waals surface area contributed by atoms with Gasteiger partial charge in [0.25, 0.3) is 6.71 Å². The van der Waals surface area contributed by atoms with E-state index in [2.05, 4.69) is 208 Å². The lowest BCUT2D eigenvalue weighted by molar-refractivity contribution is 1.14. The molecule has 2 aliphatic rings. The van der Waals surface area contributed by atoms with Crippen LogP contribution in [-0.4, -0.2) is 20.4 Å². The minimum Gasteiger partial charge on any atom is -0.310 e. The molecule has 0 saturated carbocycles. The van der Waals surface area contributed by atoms with Gasteiger partial charge in [0.2, 0.25) is 0 Å². The van der Waals surface area contributed by atoms with E-state index < -0.39 is 0 Å². The lowest BCUT2D eigenvalue weighted by Crippen LogP contribution is -2.59. The Kier molecular flexibility index (Phi) is 6.16. The first-order valence-corrected chi connectivity index (χ1v) is 21.2. The van der Waals surface area contributed by atoms with Crippen LogP contribution in [-0.2, 0) is 0 Å². The van der Waals surface area contributed by atoms with Crippen molar-refractivity contribution in [2.75, 3.05) is 4.90 Å². The molecule has 0 radical (unpaired) electrons. The number of anilines is 3. The molecular formula is C53H33BN4S. The zero-order valence-electron chi connectivity index (χ0n) is 32.1. The van der Waals surface area contributed by atoms with E-state index in [1.165, 1.54) is 109 Å². The molecule has 8 aromatic carbocycles. The minimum atomic E-state index is 0.0495. The molecule has 274 valence electrons. The van der Waals surface area contributed by atoms with Crippen LogP contribution in [0.4, 0.5) is 17.1 Å². The molecule has 0 unspecified atom stereocenters. The SMILES string of the molecule is Cc1cc2c3c(c1)-n1c4c(cccc4c4c1c1ccccc1n4-c1ccccc1)B3c1ccc(N(c3ccccc3)c3ccccc3)c3c4sc5ccccc5c4n-2c13. The van der Waals surface area contributed by atoms with Crippen molar-refractivity contribution in [2.45, 2.75) is 6.92 Å². The number of hydrogen-bond acceptors (Lipinski definition) is 2. The predicted molar refractivity (Wildman–Crippen MR) is 251 cm³/mol. The zero-order valence-corrected chi connectivity index (χ0v) is 32.9. The summed E-state index contributed by atoms with van der Waals surface area (Å²) in [6, 6.07) is 67.4. The van der Waals surface area contributed by atoms with Gasteiger partial charge in [-0.2, -0.15) is 0 Å². The maximum atomic E-state index is 2.65. The molecule has 6 heteroatoms. The van der Waals surface area contributed by atoms with Gasteiger partial charge in [0.1, 0.15) is 0 Å². The molecule has 0 fully saturated rings. The molecule has 0 bridgehead atoms. The van der Waals surface area contributed by atoms with Gasteiger partial charge in [-0.3, -0.25) is 0 Å². The summed E-state index contributed by atoms with van der Waals surface area (Å²) in [5.41, 5.74) is 20.2. The second kappa shape index (κ2) is 11.4. The van der Waals surface area contributed by atoms with E-state index in [0.717, 1.165) is 11.4 Å². The summed E-state index contributed by atoms with van der Waals surface area (Å²) < 4.78 is 10.4. The van der Waals surface area contributed by atoms with Crippen molar-refractivity contribution in [1.82, 2.24) is 13.7 Å². The quantitative estimate of drug-likeness (QED) is 0.163. The van der Waals surface area contributed by atoms with Crippen LogP contribution in [0.25, 0.3) is 81.1 Å². The van der Waals surface area contributed by atoms with Crippen LogP contribution < -0.4 is 21.3 Å². The summed E-state index contributed by atoms with van der Waals surface area (Å²) in [6.07, 6.45) is 0. The smallest absolute Gasteiger partial charge is 0.252 e. The van der Waals surface area contributed by atoms with Crippen LogP contribution in [0.3, 0.4) is 0 Å². The van der Waals surface area contributed by atoms with Crippen molar-refractivity contribution in [3.8, 4) is 17.1 Å². The fourth-order valence-corrected chi connectivity index (χ4v) is 12.1. The maximum absolute atomic E-state index is 2.65. The first-order chi connectivity index (χ1) is 29.2. The van der Waals surface area contributed by atoms with Crippen molar-refractivity contribution in [3.63, 3.8) is 0 Å². The molecule has 4 nitrogen and oxygen atoms in total. The minimum absolute atomic E-state index is 0.0495. The predicted octanol–water partition coefficient (Wildman–Crippen LogP) is 12.0. The first-order valence-electron chi connectivity index (χ1n) is 20.4. The lowest BCUT2D eigenvalue weighted by atomic mass is 9.34. The molecule has 12 aromatic rings. The molecule has 0 saturated heterocycles. The van der Waals surface area contributed by atoms with Gasteiger partial charge in [-0.1, -0.05) is 115 Å². The van der Waals surface area contributed by atoms with Crippen LogP contribution >= 0.6 is 11.3 Å². The number of aryl methyl sites for hydroxylation is 1. The van der Waals surface area contributed by atoms with E-state index in [1.54, 1.807) is 0 Å². The number of rotatable bonds is 4. The zero-order chi connectivity index (χ0) is 38.5. The highest BCUT2D eigenvalue weighted by atomic mass is 32.1. The first kappa shape index (κ1) is 31.8. The van der Waals surface area contributed by atoms with Crippen LogP contribution in [0.5, 0.6) is 0 Å². The molecular weight excluding hydrogens is 735 g/mol. The summed E-state index contributed by atoms with van der Waals surface area (Å²) in [5.74, 6) is 0. The summed E-state index contributed by atoms with van der Waals surface area (Å²) in [5, 5.41) is 5.15. The van der Waals surface area contributed by atoms with Crippen LogP contribution in [0.1, 0.15) is 5.56 Å². The molecule has 0 amide bonds. The van der Waals surface area contributed by atoms with Crippen molar-refractivity contribution < 1.29 is 0 Å². The fourth-order valence-electron chi connectivity index (χ4n) is 10.9. The van der Waals surface area contributed by atoms with Crippen molar-refractivity contribution in [3.05, 3.63) is 188 Å². The number of fused-ring (bicyclic) bond motifs is 14. The summed E-state index contributed by atoms with van der Waals surface area (Å²) in [4.78, 5) is 2.46. The van der Waals surface area contributed by atoms with Gasteiger partial charge < -0.3 is 18.6 Å². The topological polar surface area (TPSA) is 18.0 Å². The molecule has 0 spiro atoms. The van der Waals surface area contributed by atoms with E-state index >= 15 is 0 Å². The Morgan fingerprint density at radius 1 is 0.475 bits per heavy atom. The highest BCUT2D eigenvalue weighted by Gasteiger charge is 2.43. The van der Waals surface area contributed by atoms with Crippen molar-refractivity contribution in [1.29, 1.82) is 0 Å². The molecule has 59 heavy (non-hydrogen) atoms. The summed E-state index contributed by atoms with van der Waals surface area (Å²) in [6.45, 7) is 2.33. The van der Waals surface area contributed by atoms with Gasteiger partial charge in [-0.15, -0.1) is 11.3 Å². The molecule has 14 rings (SSSR count). The largest absolute Gasteiger partial charge is 0.310 e. The van der Waals surface area contributed by atoms with Crippen LogP contribution in [0.15, 0.2) is 182 Å². The standard InChI is InChI=1S/C53H33BN4S/c1-32-30-43-47-44(31-32)58-51-37-23-12-14-27-45(37)59-53(51)46-42(55(33-16-5-2-6-17-33)34-18-7-3-8-19-34)29-28-40(52(46)58)54(47)39-25-15-24-38-48(39)57(43)49-36-22-11-13-26-41(36)56(50(38)49)35-20-9-4-10-21-35/h2-31H,1H3.